The van der Waals surface area contributed by atoms with Crippen LogP contribution in [0.1, 0.15) is 26.3 Å². The van der Waals surface area contributed by atoms with Crippen LogP contribution in [-0.4, -0.2) is 16.7 Å². The number of rotatable bonds is 0. The van der Waals surface area contributed by atoms with Gasteiger partial charge in [-0.1, -0.05) is 17.7 Å². The molecule has 4 heteroatoms. The zero-order valence-corrected chi connectivity index (χ0v) is 8.63. The summed E-state index contributed by atoms with van der Waals surface area (Å²) in [6.45, 7) is 1.65. The molecule has 2 rings (SSSR count). The molecule has 0 amide bonds. The summed E-state index contributed by atoms with van der Waals surface area (Å²) in [7, 11) is 0. The second-order valence-electron chi connectivity index (χ2n) is 3.34. The molecule has 1 aromatic carbocycles. The molecule has 0 heterocycles. The van der Waals surface area contributed by atoms with E-state index < -0.39 is 5.78 Å². The van der Waals surface area contributed by atoms with E-state index in [1.54, 1.807) is 13.0 Å². The van der Waals surface area contributed by atoms with E-state index in [1.807, 2.05) is 0 Å². The number of ketones is 2. The lowest BCUT2D eigenvalue weighted by Gasteiger charge is -2.13. The highest BCUT2D eigenvalue weighted by atomic mass is 35.5. The molecule has 0 saturated carbocycles. The van der Waals surface area contributed by atoms with Gasteiger partial charge in [-0.2, -0.15) is 0 Å². The van der Waals surface area contributed by atoms with Crippen molar-refractivity contribution in [3.05, 3.63) is 39.9 Å². The lowest BCUT2D eigenvalue weighted by molar-refractivity contribution is 0.0988. The van der Waals surface area contributed by atoms with Gasteiger partial charge in [-0.25, -0.2) is 0 Å². The van der Waals surface area contributed by atoms with Crippen LogP contribution in [-0.2, 0) is 0 Å². The topological polar surface area (TPSA) is 54.4 Å². The molecule has 1 aliphatic rings. The Kier molecular flexibility index (Phi) is 2.12. The standard InChI is InChI=1S/C11H7ClO3/c1-5-2-3-6-8(13)4-7(12)11(15)9(6)10(5)14/h2-4,14H,1H3. The van der Waals surface area contributed by atoms with Crippen LogP contribution in [0.25, 0.3) is 0 Å². The third kappa shape index (κ3) is 1.36. The molecular weight excluding hydrogens is 216 g/mol. The van der Waals surface area contributed by atoms with Gasteiger partial charge in [-0.05, 0) is 18.6 Å². The number of benzene rings is 1. The van der Waals surface area contributed by atoms with E-state index in [2.05, 4.69) is 0 Å². The van der Waals surface area contributed by atoms with Crippen LogP contribution in [0.4, 0.5) is 0 Å². The van der Waals surface area contributed by atoms with Gasteiger partial charge in [0.2, 0.25) is 5.78 Å². The summed E-state index contributed by atoms with van der Waals surface area (Å²) in [5.41, 5.74) is 0.751. The second kappa shape index (κ2) is 3.21. The first-order valence-electron chi connectivity index (χ1n) is 4.31. The van der Waals surface area contributed by atoms with Crippen molar-refractivity contribution < 1.29 is 14.7 Å². The number of aryl methyl sites for hydroxylation is 1. The normalized spacial score (nSPS) is 14.9. The van der Waals surface area contributed by atoms with Crippen LogP contribution in [0.3, 0.4) is 0 Å². The van der Waals surface area contributed by atoms with Crippen LogP contribution in [0.5, 0.6) is 5.75 Å². The number of allylic oxidation sites excluding steroid dienone is 2. The van der Waals surface area contributed by atoms with Crippen LogP contribution in [0.15, 0.2) is 23.2 Å². The molecule has 0 unspecified atom stereocenters. The molecule has 1 N–H and O–H groups in total. The molecular formula is C11H7ClO3. The summed E-state index contributed by atoms with van der Waals surface area (Å²) in [5.74, 6) is -1.03. The Balaban J connectivity index is 2.79. The van der Waals surface area contributed by atoms with Crippen molar-refractivity contribution in [3.63, 3.8) is 0 Å². The lowest BCUT2D eigenvalue weighted by Crippen LogP contribution is -2.15. The lowest BCUT2D eigenvalue weighted by atomic mass is 9.92. The predicted molar refractivity (Wildman–Crippen MR) is 55.4 cm³/mol. The van der Waals surface area contributed by atoms with Crippen LogP contribution in [0, 0.1) is 6.92 Å². The minimum absolute atomic E-state index is 0.00694. The number of phenolic OH excluding ortho intramolecular Hbond substituents is 1. The fourth-order valence-electron chi connectivity index (χ4n) is 1.51. The van der Waals surface area contributed by atoms with Crippen molar-refractivity contribution in [3.8, 4) is 5.75 Å². The van der Waals surface area contributed by atoms with E-state index in [0.717, 1.165) is 6.08 Å². The summed E-state index contributed by atoms with van der Waals surface area (Å²) in [5, 5.41) is 9.53. The summed E-state index contributed by atoms with van der Waals surface area (Å²) in [6.07, 6.45) is 1.07. The first kappa shape index (κ1) is 9.93. The van der Waals surface area contributed by atoms with Crippen LogP contribution in [0.2, 0.25) is 0 Å². The smallest absolute Gasteiger partial charge is 0.208 e. The second-order valence-corrected chi connectivity index (χ2v) is 3.75. The molecule has 0 atom stereocenters. The molecule has 76 valence electrons. The number of hydrogen-bond acceptors (Lipinski definition) is 3. The fourth-order valence-corrected chi connectivity index (χ4v) is 1.70. The minimum atomic E-state index is -0.507. The van der Waals surface area contributed by atoms with Gasteiger partial charge in [0.05, 0.1) is 10.6 Å². The molecule has 15 heavy (non-hydrogen) atoms. The number of phenols is 1. The Labute approximate surface area is 91.0 Å². The number of aromatic hydroxyl groups is 1. The number of carbonyl (C=O) groups excluding carboxylic acids is 2. The van der Waals surface area contributed by atoms with Gasteiger partial charge in [0.15, 0.2) is 5.78 Å². The van der Waals surface area contributed by atoms with Crippen LogP contribution < -0.4 is 0 Å². The highest BCUT2D eigenvalue weighted by molar-refractivity contribution is 6.49. The first-order chi connectivity index (χ1) is 7.02. The van der Waals surface area contributed by atoms with Gasteiger partial charge in [0.1, 0.15) is 5.75 Å². The van der Waals surface area contributed by atoms with E-state index in [-0.39, 0.29) is 27.7 Å². The Hall–Kier alpha value is -1.61. The zero-order chi connectivity index (χ0) is 11.2. The predicted octanol–water partition coefficient (Wildman–Crippen LogP) is 2.20. The van der Waals surface area contributed by atoms with Crippen molar-refractivity contribution in [2.75, 3.05) is 0 Å². The van der Waals surface area contributed by atoms with Gasteiger partial charge in [0.25, 0.3) is 0 Å². The average Bonchev–Trinajstić information content (AvgIpc) is 2.19. The first-order valence-corrected chi connectivity index (χ1v) is 4.69. The molecule has 0 aromatic heterocycles. The Bertz CT molecular complexity index is 515. The fraction of sp³-hybridized carbons (Fsp3) is 0.0909. The molecule has 0 bridgehead atoms. The SMILES string of the molecule is Cc1ccc2c(c1O)C(=O)C(Cl)=CC2=O. The van der Waals surface area contributed by atoms with E-state index in [0.29, 0.717) is 5.56 Å². The molecule has 0 saturated heterocycles. The van der Waals surface area contributed by atoms with Crippen LogP contribution >= 0.6 is 11.6 Å². The van der Waals surface area contributed by atoms with Gasteiger partial charge in [-0.15, -0.1) is 0 Å². The maximum Gasteiger partial charge on any atom is 0.208 e. The number of Topliss-reactive ketones (excluding diaryl/α,β-unsaturated/α-hetero) is 1. The monoisotopic (exact) mass is 222 g/mol. The summed E-state index contributed by atoms with van der Waals surface area (Å²) in [6, 6.07) is 3.11. The van der Waals surface area contributed by atoms with Gasteiger partial charge in [-0.3, -0.25) is 9.59 Å². The number of hydrogen-bond donors (Lipinski definition) is 1. The highest BCUT2D eigenvalue weighted by Crippen LogP contribution is 2.32. The van der Waals surface area contributed by atoms with Crippen molar-refractivity contribution in [2.45, 2.75) is 6.92 Å². The van der Waals surface area contributed by atoms with Gasteiger partial charge >= 0.3 is 0 Å². The zero-order valence-electron chi connectivity index (χ0n) is 7.87. The molecule has 0 fully saturated rings. The number of fused-ring (bicyclic) bond motifs is 1. The maximum atomic E-state index is 11.6. The molecule has 1 aliphatic carbocycles. The third-order valence-electron chi connectivity index (χ3n) is 2.35. The summed E-state index contributed by atoms with van der Waals surface area (Å²) in [4.78, 5) is 23.1. The summed E-state index contributed by atoms with van der Waals surface area (Å²) < 4.78 is 0. The molecule has 0 spiro atoms. The van der Waals surface area contributed by atoms with E-state index >= 15 is 0 Å². The van der Waals surface area contributed by atoms with E-state index in [9.17, 15) is 14.7 Å². The quantitative estimate of drug-likeness (QED) is 0.732. The number of halogens is 1. The Morgan fingerprint density at radius 2 is 1.93 bits per heavy atom. The molecule has 3 nitrogen and oxygen atoms in total. The Morgan fingerprint density at radius 1 is 1.27 bits per heavy atom. The molecule has 0 radical (unpaired) electrons. The largest absolute Gasteiger partial charge is 0.507 e. The highest BCUT2D eigenvalue weighted by Gasteiger charge is 2.28. The summed E-state index contributed by atoms with van der Waals surface area (Å²) >= 11 is 5.59. The van der Waals surface area contributed by atoms with Crippen molar-refractivity contribution in [2.24, 2.45) is 0 Å². The Morgan fingerprint density at radius 3 is 2.60 bits per heavy atom. The van der Waals surface area contributed by atoms with Crippen molar-refractivity contribution in [1.29, 1.82) is 0 Å². The minimum Gasteiger partial charge on any atom is -0.507 e. The number of carbonyl (C=O) groups is 2. The average molecular weight is 223 g/mol. The van der Waals surface area contributed by atoms with Gasteiger partial charge < -0.3 is 5.11 Å². The molecule has 1 aromatic rings. The maximum absolute atomic E-state index is 11.6. The van der Waals surface area contributed by atoms with Crippen molar-refractivity contribution in [1.82, 2.24) is 0 Å². The van der Waals surface area contributed by atoms with E-state index in [1.165, 1.54) is 6.07 Å². The molecule has 0 aliphatic heterocycles. The third-order valence-corrected chi connectivity index (χ3v) is 2.63. The van der Waals surface area contributed by atoms with Crippen molar-refractivity contribution >= 4 is 23.2 Å². The van der Waals surface area contributed by atoms with E-state index in [4.69, 9.17) is 11.6 Å². The van der Waals surface area contributed by atoms with Gasteiger partial charge in [0, 0.05) is 11.6 Å².